The van der Waals surface area contributed by atoms with E-state index in [1.54, 1.807) is 35.7 Å². The van der Waals surface area contributed by atoms with Crippen LogP contribution in [0.1, 0.15) is 5.82 Å². The van der Waals surface area contributed by atoms with Crippen LogP contribution in [0.25, 0.3) is 27.3 Å². The van der Waals surface area contributed by atoms with Gasteiger partial charge in [0.25, 0.3) is 5.56 Å². The molecule has 0 aliphatic carbocycles. The number of para-hydroxylation sites is 1. The van der Waals surface area contributed by atoms with Gasteiger partial charge in [0, 0.05) is 10.9 Å². The molecule has 4 rings (SSSR count). The fraction of sp³-hybridized carbons (Fsp3) is 0.0556. The second-order valence-electron chi connectivity index (χ2n) is 5.47. The second kappa shape index (κ2) is 6.06. The zero-order chi connectivity index (χ0) is 18.3. The van der Waals surface area contributed by atoms with Gasteiger partial charge in [-0.3, -0.25) is 4.79 Å². The first-order chi connectivity index (χ1) is 12.4. The van der Waals surface area contributed by atoms with Crippen LogP contribution in [0.15, 0.2) is 64.8 Å². The Kier molecular flexibility index (Phi) is 3.84. The van der Waals surface area contributed by atoms with Crippen LogP contribution in [0.4, 0.5) is 13.2 Å². The molecule has 0 unspecified atom stereocenters. The van der Waals surface area contributed by atoms with Gasteiger partial charge in [0.05, 0.1) is 16.6 Å². The molecule has 130 valence electrons. The molecule has 2 heterocycles. The molecule has 0 amide bonds. The van der Waals surface area contributed by atoms with Crippen LogP contribution in [0.3, 0.4) is 0 Å². The molecule has 0 saturated carbocycles. The summed E-state index contributed by atoms with van der Waals surface area (Å²) in [4.78, 5) is 20.6. The number of hydrogen-bond acceptors (Lipinski definition) is 4. The summed E-state index contributed by atoms with van der Waals surface area (Å²) in [6, 6.07) is 15.0. The van der Waals surface area contributed by atoms with Gasteiger partial charge in [0.15, 0.2) is 5.13 Å². The zero-order valence-corrected chi connectivity index (χ0v) is 13.9. The lowest BCUT2D eigenvalue weighted by molar-refractivity contribution is -0.146. The van der Waals surface area contributed by atoms with Crippen molar-refractivity contribution in [2.75, 3.05) is 0 Å². The van der Waals surface area contributed by atoms with Crippen LogP contribution in [0, 0.1) is 0 Å². The van der Waals surface area contributed by atoms with Crippen LogP contribution in [-0.2, 0) is 6.18 Å². The molecule has 2 aromatic heterocycles. The topological polar surface area (TPSA) is 47.8 Å². The highest BCUT2D eigenvalue weighted by Crippen LogP contribution is 2.31. The summed E-state index contributed by atoms with van der Waals surface area (Å²) in [6.45, 7) is 0. The predicted molar refractivity (Wildman–Crippen MR) is 93.4 cm³/mol. The molecule has 26 heavy (non-hydrogen) atoms. The minimum Gasteiger partial charge on any atom is -0.268 e. The number of aromatic nitrogens is 3. The SMILES string of the molecule is O=c1c2ccccc2nc(C(F)(F)F)n1-c1nc(-c2ccccc2)cs1. The standard InChI is InChI=1S/C18H10F3N3OS/c19-18(20,21)16-22-13-9-5-4-8-12(13)15(25)24(16)17-23-14(10-26-17)11-6-2-1-3-7-11/h1-10H. The molecule has 2 aromatic carbocycles. The molecule has 4 aromatic rings. The Balaban J connectivity index is 1.98. The maximum Gasteiger partial charge on any atom is 0.450 e. The summed E-state index contributed by atoms with van der Waals surface area (Å²) in [5, 5.41) is 1.66. The van der Waals surface area contributed by atoms with Crippen molar-refractivity contribution in [3.8, 4) is 16.4 Å². The van der Waals surface area contributed by atoms with Crippen LogP contribution in [0.2, 0.25) is 0 Å². The van der Waals surface area contributed by atoms with Crippen molar-refractivity contribution >= 4 is 22.2 Å². The molecule has 4 nitrogen and oxygen atoms in total. The summed E-state index contributed by atoms with van der Waals surface area (Å²) in [5.74, 6) is -1.28. The number of fused-ring (bicyclic) bond motifs is 1. The lowest BCUT2D eigenvalue weighted by Gasteiger charge is -2.13. The molecular formula is C18H10F3N3OS. The third-order valence-electron chi connectivity index (χ3n) is 3.78. The summed E-state index contributed by atoms with van der Waals surface area (Å²) in [7, 11) is 0. The zero-order valence-electron chi connectivity index (χ0n) is 13.1. The number of halogens is 3. The minimum absolute atomic E-state index is 0.000846. The van der Waals surface area contributed by atoms with Crippen molar-refractivity contribution in [2.24, 2.45) is 0 Å². The highest BCUT2D eigenvalue weighted by molar-refractivity contribution is 7.12. The van der Waals surface area contributed by atoms with E-state index in [1.165, 1.54) is 18.2 Å². The van der Waals surface area contributed by atoms with E-state index in [9.17, 15) is 18.0 Å². The van der Waals surface area contributed by atoms with Gasteiger partial charge in [0.2, 0.25) is 5.82 Å². The van der Waals surface area contributed by atoms with Gasteiger partial charge >= 0.3 is 6.18 Å². The fourth-order valence-corrected chi connectivity index (χ4v) is 3.44. The molecule has 8 heteroatoms. The van der Waals surface area contributed by atoms with Crippen molar-refractivity contribution in [3.63, 3.8) is 0 Å². The summed E-state index contributed by atoms with van der Waals surface area (Å²) in [5.41, 5.74) is 0.460. The van der Waals surface area contributed by atoms with E-state index in [4.69, 9.17) is 0 Å². The van der Waals surface area contributed by atoms with Crippen molar-refractivity contribution in [1.29, 1.82) is 0 Å². The summed E-state index contributed by atoms with van der Waals surface area (Å²) in [6.07, 6.45) is -4.79. The minimum atomic E-state index is -4.79. The van der Waals surface area contributed by atoms with Crippen LogP contribution in [-0.4, -0.2) is 14.5 Å². The van der Waals surface area contributed by atoms with E-state index in [1.807, 2.05) is 6.07 Å². The highest BCUT2D eigenvalue weighted by Gasteiger charge is 2.38. The first-order valence-corrected chi connectivity index (χ1v) is 8.43. The average Bonchev–Trinajstić information content (AvgIpc) is 3.11. The Labute approximate surface area is 149 Å². The Hall–Kier alpha value is -3.00. The van der Waals surface area contributed by atoms with E-state index in [2.05, 4.69) is 9.97 Å². The molecule has 0 radical (unpaired) electrons. The van der Waals surface area contributed by atoms with Crippen molar-refractivity contribution in [2.45, 2.75) is 6.18 Å². The van der Waals surface area contributed by atoms with E-state index >= 15 is 0 Å². The first kappa shape index (κ1) is 16.5. The van der Waals surface area contributed by atoms with E-state index in [0.717, 1.165) is 16.9 Å². The predicted octanol–water partition coefficient (Wildman–Crippen LogP) is 4.53. The van der Waals surface area contributed by atoms with E-state index in [-0.39, 0.29) is 16.0 Å². The quantitative estimate of drug-likeness (QED) is 0.519. The number of hydrogen-bond donors (Lipinski definition) is 0. The summed E-state index contributed by atoms with van der Waals surface area (Å²) < 4.78 is 41.1. The van der Waals surface area contributed by atoms with Crippen LogP contribution < -0.4 is 5.56 Å². The van der Waals surface area contributed by atoms with Crippen molar-refractivity contribution < 1.29 is 13.2 Å². The number of alkyl halides is 3. The maximum atomic E-state index is 13.5. The normalized spacial score (nSPS) is 11.8. The second-order valence-corrected chi connectivity index (χ2v) is 6.31. The molecule has 0 spiro atoms. The Morgan fingerprint density at radius 3 is 2.35 bits per heavy atom. The Morgan fingerprint density at radius 2 is 1.62 bits per heavy atom. The number of benzene rings is 2. The van der Waals surface area contributed by atoms with Crippen molar-refractivity contribution in [3.05, 3.63) is 76.2 Å². The molecule has 0 aliphatic rings. The maximum absolute atomic E-state index is 13.5. The molecule has 0 fully saturated rings. The molecule has 0 saturated heterocycles. The van der Waals surface area contributed by atoms with E-state index in [0.29, 0.717) is 10.3 Å². The third-order valence-corrected chi connectivity index (χ3v) is 4.61. The van der Waals surface area contributed by atoms with E-state index < -0.39 is 17.6 Å². The Morgan fingerprint density at radius 1 is 0.923 bits per heavy atom. The smallest absolute Gasteiger partial charge is 0.268 e. The van der Waals surface area contributed by atoms with Crippen LogP contribution in [0.5, 0.6) is 0 Å². The largest absolute Gasteiger partial charge is 0.450 e. The number of nitrogens with zero attached hydrogens (tertiary/aromatic N) is 3. The number of rotatable bonds is 2. The number of thiazole rings is 1. The van der Waals surface area contributed by atoms with Gasteiger partial charge in [-0.25, -0.2) is 14.5 Å². The van der Waals surface area contributed by atoms with Crippen LogP contribution >= 0.6 is 11.3 Å². The molecule has 0 atom stereocenters. The first-order valence-electron chi connectivity index (χ1n) is 7.55. The summed E-state index contributed by atoms with van der Waals surface area (Å²) >= 11 is 0.962. The molecule has 0 N–H and O–H groups in total. The molecule has 0 bridgehead atoms. The van der Waals surface area contributed by atoms with Gasteiger partial charge in [-0.15, -0.1) is 11.3 Å². The van der Waals surface area contributed by atoms with Crippen molar-refractivity contribution in [1.82, 2.24) is 14.5 Å². The fourth-order valence-electron chi connectivity index (χ4n) is 2.61. The molecule has 0 aliphatic heterocycles. The van der Waals surface area contributed by atoms with Gasteiger partial charge in [0.1, 0.15) is 0 Å². The highest BCUT2D eigenvalue weighted by atomic mass is 32.1. The van der Waals surface area contributed by atoms with Gasteiger partial charge in [-0.2, -0.15) is 13.2 Å². The lowest BCUT2D eigenvalue weighted by Crippen LogP contribution is -2.28. The van der Waals surface area contributed by atoms with Gasteiger partial charge in [-0.05, 0) is 12.1 Å². The monoisotopic (exact) mass is 373 g/mol. The van der Waals surface area contributed by atoms with Gasteiger partial charge < -0.3 is 0 Å². The average molecular weight is 373 g/mol. The van der Waals surface area contributed by atoms with Gasteiger partial charge in [-0.1, -0.05) is 42.5 Å². The third kappa shape index (κ3) is 2.78. The Bertz CT molecular complexity index is 1150. The lowest BCUT2D eigenvalue weighted by atomic mass is 10.2. The molecular weight excluding hydrogens is 363 g/mol.